The maximum atomic E-state index is 12.9. The van der Waals surface area contributed by atoms with E-state index >= 15 is 0 Å². The van der Waals surface area contributed by atoms with Crippen LogP contribution in [0.3, 0.4) is 0 Å². The average Bonchev–Trinajstić information content (AvgIpc) is 3.41. The van der Waals surface area contributed by atoms with Crippen molar-refractivity contribution >= 4 is 12.3 Å². The van der Waals surface area contributed by atoms with Gasteiger partial charge in [0.05, 0.1) is 34.9 Å². The highest BCUT2D eigenvalue weighted by molar-refractivity contribution is 5.85. The molecule has 9 heteroatoms. The van der Waals surface area contributed by atoms with Crippen LogP contribution in [0.5, 0.6) is 0 Å². The van der Waals surface area contributed by atoms with Gasteiger partial charge in [-0.05, 0) is 81.6 Å². The third kappa shape index (κ3) is 3.65. The lowest BCUT2D eigenvalue weighted by molar-refractivity contribution is -0.286. The van der Waals surface area contributed by atoms with Crippen LogP contribution in [0.4, 0.5) is 0 Å². The Hall–Kier alpha value is -1.36. The number of aldehydes is 1. The van der Waals surface area contributed by atoms with Gasteiger partial charge in [-0.15, -0.1) is 0 Å². The molecule has 2 aliphatic heterocycles. The van der Waals surface area contributed by atoms with Gasteiger partial charge in [-0.3, -0.25) is 0 Å². The number of aliphatic hydroxyl groups excluding tert-OH is 2. The van der Waals surface area contributed by atoms with Crippen LogP contribution in [-0.2, 0) is 23.8 Å². The molecule has 0 bridgehead atoms. The second-order valence-corrected chi connectivity index (χ2v) is 13.3. The third-order valence-corrected chi connectivity index (χ3v) is 11.9. The molecule has 0 radical (unpaired) electrons. The number of carbonyl (C=O) groups excluding carboxylic acids is 2. The van der Waals surface area contributed by atoms with Gasteiger partial charge < -0.3 is 39.4 Å². The highest BCUT2D eigenvalue weighted by Gasteiger charge is 2.71. The van der Waals surface area contributed by atoms with Crippen molar-refractivity contribution in [1.82, 2.24) is 0 Å². The summed E-state index contributed by atoms with van der Waals surface area (Å²) in [5, 5.41) is 44.6. The first-order chi connectivity index (χ1) is 18.0. The second-order valence-electron chi connectivity index (χ2n) is 13.3. The number of carbonyl (C=O) groups is 2. The zero-order valence-corrected chi connectivity index (χ0v) is 22.4. The van der Waals surface area contributed by atoms with Crippen molar-refractivity contribution in [3.63, 3.8) is 0 Å². The van der Waals surface area contributed by atoms with Crippen molar-refractivity contribution in [2.75, 3.05) is 6.61 Å². The minimum Gasteiger partial charge on any atom is -0.458 e. The van der Waals surface area contributed by atoms with Crippen molar-refractivity contribution in [3.8, 4) is 0 Å². The molecule has 9 nitrogen and oxygen atoms in total. The number of cyclic esters (lactones) is 1. The molecule has 1 saturated heterocycles. The van der Waals surface area contributed by atoms with E-state index in [9.17, 15) is 30.0 Å². The summed E-state index contributed by atoms with van der Waals surface area (Å²) in [5.41, 5.74) is -2.60. The molecule has 1 unspecified atom stereocenters. The number of esters is 1. The predicted octanol–water partition coefficient (Wildman–Crippen LogP) is 1.78. The van der Waals surface area contributed by atoms with Crippen molar-refractivity contribution < 1.29 is 44.2 Å². The predicted molar refractivity (Wildman–Crippen MR) is 133 cm³/mol. The van der Waals surface area contributed by atoms with Crippen LogP contribution < -0.4 is 0 Å². The molecule has 6 aliphatic rings. The summed E-state index contributed by atoms with van der Waals surface area (Å²) in [6.45, 7) is 4.13. The highest BCUT2D eigenvalue weighted by Crippen LogP contribution is 2.70. The van der Waals surface area contributed by atoms with Gasteiger partial charge in [0.1, 0.15) is 19.0 Å². The molecule has 4 saturated carbocycles. The Bertz CT molecular complexity index is 1000. The largest absolute Gasteiger partial charge is 0.458 e. The number of hydrogen-bond donors (Lipinski definition) is 4. The zero-order chi connectivity index (χ0) is 27.1. The Morgan fingerprint density at radius 2 is 1.82 bits per heavy atom. The molecular formula is C29H42O9. The van der Waals surface area contributed by atoms with E-state index < -0.39 is 46.6 Å². The second kappa shape index (κ2) is 9.08. The Balaban J connectivity index is 1.22. The number of fused-ring (bicyclic) bond motifs is 5. The summed E-state index contributed by atoms with van der Waals surface area (Å²) < 4.78 is 17.1. The lowest BCUT2D eigenvalue weighted by Crippen LogP contribution is -2.69. The smallest absolute Gasteiger partial charge is 0.331 e. The first kappa shape index (κ1) is 26.8. The number of aliphatic hydroxyl groups is 4. The van der Waals surface area contributed by atoms with Crippen LogP contribution in [0, 0.1) is 28.6 Å². The topological polar surface area (TPSA) is 143 Å². The summed E-state index contributed by atoms with van der Waals surface area (Å²) in [5.74, 6) is -0.473. The van der Waals surface area contributed by atoms with Crippen molar-refractivity contribution in [1.29, 1.82) is 0 Å². The molecular weight excluding hydrogens is 492 g/mol. The van der Waals surface area contributed by atoms with Crippen molar-refractivity contribution in [3.05, 3.63) is 11.6 Å². The maximum absolute atomic E-state index is 12.9. The fourth-order valence-electron chi connectivity index (χ4n) is 9.76. The minimum atomic E-state index is -1.24. The lowest BCUT2D eigenvalue weighted by atomic mass is 9.41. The van der Waals surface area contributed by atoms with Gasteiger partial charge in [-0.25, -0.2) is 4.79 Å². The summed E-state index contributed by atoms with van der Waals surface area (Å²) in [6, 6.07) is 0. The first-order valence-electron chi connectivity index (χ1n) is 14.4. The molecule has 0 aromatic heterocycles. The highest BCUT2D eigenvalue weighted by atomic mass is 16.7. The molecule has 4 aliphatic carbocycles. The van der Waals surface area contributed by atoms with E-state index in [-0.39, 0.29) is 36.2 Å². The van der Waals surface area contributed by atoms with Gasteiger partial charge in [-0.1, -0.05) is 6.92 Å². The average molecular weight is 535 g/mol. The number of hydrogen-bond acceptors (Lipinski definition) is 9. The van der Waals surface area contributed by atoms with Gasteiger partial charge >= 0.3 is 5.97 Å². The van der Waals surface area contributed by atoms with Crippen molar-refractivity contribution in [2.24, 2.45) is 28.6 Å². The molecule has 12 atom stereocenters. The van der Waals surface area contributed by atoms with E-state index in [1.165, 1.54) is 0 Å². The molecule has 0 aromatic carbocycles. The minimum absolute atomic E-state index is 0.0729. The standard InChI is InChI=1S/C29H42O9/c1-16-25(33)22(31)12-24(37-16)38-18-3-8-27(15-30)20-4-7-26(2)19(17-11-23(32)36-14-17)6-10-29(26,35)21(20)5-9-28(27,34)13-18/h11,15-16,18-22,24-25,31,33-35H,3-10,12-14H2,1-2H3/t16-,18+,19-,20+,21-,22+,24?,25-,26-,27+,28+,29+/m1/s1. The lowest BCUT2D eigenvalue weighted by Gasteiger charge is -2.65. The first-order valence-corrected chi connectivity index (χ1v) is 14.4. The van der Waals surface area contributed by atoms with Crippen LogP contribution in [0.1, 0.15) is 78.1 Å². The summed E-state index contributed by atoms with van der Waals surface area (Å²) in [6.07, 6.45) is 4.50. The number of rotatable bonds is 4. The normalized spacial score (nSPS) is 54.4. The van der Waals surface area contributed by atoms with Gasteiger partial charge in [0, 0.05) is 24.3 Å². The molecule has 6 rings (SSSR count). The Morgan fingerprint density at radius 3 is 2.50 bits per heavy atom. The molecule has 4 N–H and O–H groups in total. The third-order valence-electron chi connectivity index (χ3n) is 11.9. The monoisotopic (exact) mass is 534 g/mol. The molecule has 212 valence electrons. The van der Waals surface area contributed by atoms with Gasteiger partial charge in [-0.2, -0.15) is 0 Å². The molecule has 2 heterocycles. The molecule has 0 aromatic rings. The van der Waals surface area contributed by atoms with Gasteiger partial charge in [0.15, 0.2) is 6.29 Å². The molecule has 0 spiro atoms. The SMILES string of the molecule is C[C@H]1OC(O[C@H]2CC[C@]3(C=O)[C@H]4CC[C@]5(C)[C@@H](C6=CC(=O)OC6)CC[C@]5(O)[C@@H]4CC[C@]3(O)C2)C[C@H](O)[C@@H]1O. The van der Waals surface area contributed by atoms with Gasteiger partial charge in [0.25, 0.3) is 0 Å². The molecule has 38 heavy (non-hydrogen) atoms. The fraction of sp³-hybridized carbons (Fsp3) is 0.862. The van der Waals surface area contributed by atoms with Crippen LogP contribution in [0.2, 0.25) is 0 Å². The zero-order valence-electron chi connectivity index (χ0n) is 22.4. The van der Waals surface area contributed by atoms with Crippen LogP contribution >= 0.6 is 0 Å². The molecule has 0 amide bonds. The molecule has 5 fully saturated rings. The summed E-state index contributed by atoms with van der Waals surface area (Å²) in [7, 11) is 0. The summed E-state index contributed by atoms with van der Waals surface area (Å²) in [4.78, 5) is 24.7. The quantitative estimate of drug-likeness (QED) is 0.241. The van der Waals surface area contributed by atoms with E-state index in [0.717, 1.165) is 31.1 Å². The van der Waals surface area contributed by atoms with Crippen LogP contribution in [-0.4, -0.2) is 81.2 Å². The Morgan fingerprint density at radius 1 is 1.05 bits per heavy atom. The van der Waals surface area contributed by atoms with Crippen LogP contribution in [0.25, 0.3) is 0 Å². The van der Waals surface area contributed by atoms with Crippen molar-refractivity contribution in [2.45, 2.75) is 120 Å². The number of ether oxygens (including phenoxy) is 3. The Labute approximate surface area is 223 Å². The van der Waals surface area contributed by atoms with Crippen LogP contribution in [0.15, 0.2) is 11.6 Å². The van der Waals surface area contributed by atoms with E-state index in [2.05, 4.69) is 6.92 Å². The Kier molecular flexibility index (Phi) is 6.41. The maximum Gasteiger partial charge on any atom is 0.331 e. The van der Waals surface area contributed by atoms with Gasteiger partial charge in [0.2, 0.25) is 0 Å². The fourth-order valence-corrected chi connectivity index (χ4v) is 9.76. The van der Waals surface area contributed by atoms with E-state index in [0.29, 0.717) is 45.1 Å². The summed E-state index contributed by atoms with van der Waals surface area (Å²) >= 11 is 0. The van der Waals surface area contributed by atoms with E-state index in [4.69, 9.17) is 14.2 Å². The van der Waals surface area contributed by atoms with E-state index in [1.807, 2.05) is 0 Å². The van der Waals surface area contributed by atoms with E-state index in [1.54, 1.807) is 13.0 Å².